The third-order valence-electron chi connectivity index (χ3n) is 1.96. The fourth-order valence-corrected chi connectivity index (χ4v) is 1.99. The number of oxime groups is 1. The highest BCUT2D eigenvalue weighted by Crippen LogP contribution is 2.15. The number of amidine groups is 1. The molecule has 19 heavy (non-hydrogen) atoms. The van der Waals surface area contributed by atoms with Gasteiger partial charge in [0.25, 0.3) is 0 Å². The molecule has 5 N–H and O–H groups in total. The normalized spacial score (nSPS) is 11.7. The highest BCUT2D eigenvalue weighted by Gasteiger charge is 2.17. The van der Waals surface area contributed by atoms with Gasteiger partial charge in [-0.2, -0.15) is 8.42 Å². The second-order valence-corrected chi connectivity index (χ2v) is 4.65. The number of ether oxygens (including phenoxy) is 1. The van der Waals surface area contributed by atoms with Crippen LogP contribution in [0.15, 0.2) is 29.4 Å². The van der Waals surface area contributed by atoms with Gasteiger partial charge in [-0.15, -0.1) is 0 Å². The van der Waals surface area contributed by atoms with Gasteiger partial charge >= 0.3 is 16.3 Å². The number of nitrogens with two attached hydrogens (primary N) is 1. The van der Waals surface area contributed by atoms with Crippen molar-refractivity contribution < 1.29 is 23.2 Å². The lowest BCUT2D eigenvalue weighted by molar-refractivity contribution is 0.177. The molecule has 0 aliphatic carbocycles. The van der Waals surface area contributed by atoms with Gasteiger partial charge in [0.2, 0.25) is 0 Å². The molecule has 0 atom stereocenters. The maximum absolute atomic E-state index is 11.6. The molecule has 0 spiro atoms. The highest BCUT2D eigenvalue weighted by molar-refractivity contribution is 7.91. The Labute approximate surface area is 109 Å². The molecule has 0 heterocycles. The largest absolute Gasteiger partial charge is 0.452 e. The third-order valence-corrected chi connectivity index (χ3v) is 2.88. The molecule has 1 amide bonds. The van der Waals surface area contributed by atoms with E-state index in [2.05, 4.69) is 14.6 Å². The van der Waals surface area contributed by atoms with Crippen molar-refractivity contribution in [2.75, 3.05) is 11.8 Å². The number of methoxy groups -OCH3 is 1. The van der Waals surface area contributed by atoms with Crippen LogP contribution in [0.3, 0.4) is 0 Å². The van der Waals surface area contributed by atoms with E-state index in [1.54, 1.807) is 10.8 Å². The fourth-order valence-electron chi connectivity index (χ4n) is 1.17. The van der Waals surface area contributed by atoms with Gasteiger partial charge in [-0.05, 0) is 12.1 Å². The molecule has 10 heteroatoms. The van der Waals surface area contributed by atoms with E-state index in [9.17, 15) is 13.2 Å². The Morgan fingerprint density at radius 2 is 2.05 bits per heavy atom. The fraction of sp³-hybridized carbons (Fsp3) is 0.111. The van der Waals surface area contributed by atoms with Crippen LogP contribution in [-0.2, 0) is 14.9 Å². The maximum atomic E-state index is 11.6. The van der Waals surface area contributed by atoms with Gasteiger partial charge in [0, 0.05) is 5.56 Å². The molecule has 1 aromatic carbocycles. The van der Waals surface area contributed by atoms with Crippen LogP contribution in [0.5, 0.6) is 0 Å². The lowest BCUT2D eigenvalue weighted by Gasteiger charge is -2.11. The molecule has 0 aliphatic heterocycles. The predicted octanol–water partition coefficient (Wildman–Crippen LogP) is -0.206. The minimum Gasteiger partial charge on any atom is -0.452 e. The molecular formula is C9H12N4O5S. The minimum absolute atomic E-state index is 0.0363. The number of anilines is 1. The molecule has 0 radical (unpaired) electrons. The number of amides is 1. The summed E-state index contributed by atoms with van der Waals surface area (Å²) in [6.45, 7) is 0. The van der Waals surface area contributed by atoms with Crippen LogP contribution >= 0.6 is 0 Å². The summed E-state index contributed by atoms with van der Waals surface area (Å²) in [5.41, 5.74) is 5.58. The van der Waals surface area contributed by atoms with Gasteiger partial charge in [-0.1, -0.05) is 17.3 Å². The summed E-state index contributed by atoms with van der Waals surface area (Å²) in [5, 5.41) is 11.4. The standard InChI is InChI=1S/C9H12N4O5S/c1-18-9(14)13-19(16,17)12-7-5-3-2-4-6(7)8(10)11-15/h2-5,12,15H,1H3,(H2,10,11)(H,13,14). The Bertz CT molecular complexity index is 598. The number of nitrogens with one attached hydrogen (secondary N) is 2. The summed E-state index contributed by atoms with van der Waals surface area (Å²) in [4.78, 5) is 10.9. The molecule has 9 nitrogen and oxygen atoms in total. The van der Waals surface area contributed by atoms with Crippen molar-refractivity contribution in [2.45, 2.75) is 0 Å². The summed E-state index contributed by atoms with van der Waals surface area (Å²) in [6.07, 6.45) is -1.14. The number of carbonyl (C=O) groups is 1. The molecule has 0 aromatic heterocycles. The number of para-hydroxylation sites is 1. The minimum atomic E-state index is -4.18. The first kappa shape index (κ1) is 14.6. The Morgan fingerprint density at radius 1 is 1.42 bits per heavy atom. The van der Waals surface area contributed by atoms with E-state index >= 15 is 0 Å². The van der Waals surface area contributed by atoms with Gasteiger partial charge in [0.1, 0.15) is 0 Å². The number of carbonyl (C=O) groups excluding carboxylic acids is 1. The van der Waals surface area contributed by atoms with Gasteiger partial charge in [0.15, 0.2) is 5.84 Å². The van der Waals surface area contributed by atoms with Crippen molar-refractivity contribution in [3.8, 4) is 0 Å². The third kappa shape index (κ3) is 4.03. The molecule has 0 unspecified atom stereocenters. The SMILES string of the molecule is COC(=O)NS(=O)(=O)Nc1ccccc1/C(N)=N/O. The monoisotopic (exact) mass is 288 g/mol. The zero-order valence-electron chi connectivity index (χ0n) is 9.82. The quantitative estimate of drug-likeness (QED) is 0.261. The molecule has 0 bridgehead atoms. The van der Waals surface area contributed by atoms with Crippen LogP contribution in [0.4, 0.5) is 10.5 Å². The van der Waals surface area contributed by atoms with Gasteiger partial charge in [-0.25, -0.2) is 9.52 Å². The molecule has 0 fully saturated rings. The van der Waals surface area contributed by atoms with E-state index in [0.29, 0.717) is 0 Å². The van der Waals surface area contributed by atoms with E-state index in [1.165, 1.54) is 18.2 Å². The average molecular weight is 288 g/mol. The lowest BCUT2D eigenvalue weighted by atomic mass is 10.2. The highest BCUT2D eigenvalue weighted by atomic mass is 32.2. The first-order valence-electron chi connectivity index (χ1n) is 4.85. The molecule has 0 saturated heterocycles. The second kappa shape index (κ2) is 5.91. The first-order chi connectivity index (χ1) is 8.89. The van der Waals surface area contributed by atoms with Gasteiger partial charge in [0.05, 0.1) is 12.8 Å². The van der Waals surface area contributed by atoms with Crippen LogP contribution in [-0.4, -0.2) is 32.7 Å². The van der Waals surface area contributed by atoms with E-state index in [1.807, 2.05) is 0 Å². The number of hydrogen-bond donors (Lipinski definition) is 4. The zero-order valence-corrected chi connectivity index (χ0v) is 10.6. The van der Waals surface area contributed by atoms with Crippen LogP contribution in [0.2, 0.25) is 0 Å². The van der Waals surface area contributed by atoms with E-state index in [0.717, 1.165) is 7.11 Å². The first-order valence-corrected chi connectivity index (χ1v) is 6.33. The van der Waals surface area contributed by atoms with Gasteiger partial charge < -0.3 is 15.7 Å². The number of nitrogens with zero attached hydrogens (tertiary/aromatic N) is 1. The van der Waals surface area contributed by atoms with Crippen molar-refractivity contribution in [2.24, 2.45) is 10.9 Å². The van der Waals surface area contributed by atoms with E-state index in [4.69, 9.17) is 10.9 Å². The predicted molar refractivity (Wildman–Crippen MR) is 67.0 cm³/mol. The summed E-state index contributed by atoms with van der Waals surface area (Å²) < 4.78 is 30.9. The molecule has 0 saturated carbocycles. The van der Waals surface area contributed by atoms with Crippen molar-refractivity contribution in [3.63, 3.8) is 0 Å². The molecule has 1 aromatic rings. The van der Waals surface area contributed by atoms with Crippen molar-refractivity contribution in [1.29, 1.82) is 0 Å². The number of hydrogen-bond acceptors (Lipinski definition) is 6. The lowest BCUT2D eigenvalue weighted by Crippen LogP contribution is -2.35. The Morgan fingerprint density at radius 3 is 2.63 bits per heavy atom. The summed E-state index contributed by atoms with van der Waals surface area (Å²) >= 11 is 0. The van der Waals surface area contributed by atoms with Crippen LogP contribution in [0.1, 0.15) is 5.56 Å². The molecule has 0 aliphatic rings. The van der Waals surface area contributed by atoms with E-state index < -0.39 is 16.3 Å². The topological polar surface area (TPSA) is 143 Å². The number of benzene rings is 1. The van der Waals surface area contributed by atoms with Crippen molar-refractivity contribution >= 4 is 27.8 Å². The summed E-state index contributed by atoms with van der Waals surface area (Å²) in [5.74, 6) is -0.281. The smallest absolute Gasteiger partial charge is 0.422 e. The summed E-state index contributed by atoms with van der Waals surface area (Å²) in [7, 11) is -3.15. The van der Waals surface area contributed by atoms with Crippen molar-refractivity contribution in [3.05, 3.63) is 29.8 Å². The zero-order chi connectivity index (χ0) is 14.5. The average Bonchev–Trinajstić information content (AvgIpc) is 2.37. The van der Waals surface area contributed by atoms with Crippen molar-refractivity contribution in [1.82, 2.24) is 4.72 Å². The maximum Gasteiger partial charge on any atom is 0.422 e. The Balaban J connectivity index is 3.03. The van der Waals surface area contributed by atoms with Gasteiger partial charge in [-0.3, -0.25) is 4.72 Å². The van der Waals surface area contributed by atoms with Crippen LogP contribution < -0.4 is 15.2 Å². The van der Waals surface area contributed by atoms with E-state index in [-0.39, 0.29) is 17.1 Å². The molecule has 1 rings (SSSR count). The Kier molecular flexibility index (Phi) is 4.53. The van der Waals surface area contributed by atoms with Crippen LogP contribution in [0, 0.1) is 0 Å². The molecule has 104 valence electrons. The summed E-state index contributed by atoms with van der Waals surface area (Å²) in [6, 6.07) is 5.91. The van der Waals surface area contributed by atoms with Crippen LogP contribution in [0.25, 0.3) is 0 Å². The molecular weight excluding hydrogens is 276 g/mol. The second-order valence-electron chi connectivity index (χ2n) is 3.23. The number of rotatable bonds is 4. The Hall–Kier alpha value is -2.49.